The van der Waals surface area contributed by atoms with Crippen LogP contribution in [0.1, 0.15) is 24.7 Å². The van der Waals surface area contributed by atoms with Crippen molar-refractivity contribution in [1.82, 2.24) is 9.55 Å². The number of aromatic nitrogens is 2. The zero-order chi connectivity index (χ0) is 20.5. The van der Waals surface area contributed by atoms with E-state index in [0.29, 0.717) is 26.4 Å². The maximum absolute atomic E-state index is 5.73. The normalized spacial score (nSPS) is 10.7. The van der Waals surface area contributed by atoms with Crippen molar-refractivity contribution in [3.05, 3.63) is 59.9 Å². The lowest BCUT2D eigenvalue weighted by Gasteiger charge is -2.11. The molecule has 0 saturated heterocycles. The minimum atomic E-state index is 0.599. The van der Waals surface area contributed by atoms with E-state index < -0.39 is 0 Å². The molecule has 0 atom stereocenters. The van der Waals surface area contributed by atoms with Gasteiger partial charge in [0.2, 0.25) is 0 Å². The van der Waals surface area contributed by atoms with Gasteiger partial charge in [-0.15, -0.1) is 0 Å². The molecule has 5 heteroatoms. The zero-order valence-corrected chi connectivity index (χ0v) is 17.5. The van der Waals surface area contributed by atoms with Gasteiger partial charge in [0.1, 0.15) is 0 Å². The zero-order valence-electron chi connectivity index (χ0n) is 17.5. The molecule has 0 N–H and O–H groups in total. The van der Waals surface area contributed by atoms with Gasteiger partial charge in [0, 0.05) is 38.5 Å². The number of anilines is 1. The number of para-hydroxylation sites is 2. The molecule has 0 aliphatic rings. The Balaban J connectivity index is 1.71. The average molecular weight is 392 g/mol. The average Bonchev–Trinajstić information content (AvgIpc) is 3.09. The summed E-state index contributed by atoms with van der Waals surface area (Å²) in [6, 6.07) is 16.3. The predicted octanol–water partition coefficient (Wildman–Crippen LogP) is 3.95. The van der Waals surface area contributed by atoms with Crippen LogP contribution in [0.15, 0.2) is 48.5 Å². The highest BCUT2D eigenvalue weighted by Gasteiger charge is 2.08. The van der Waals surface area contributed by atoms with Gasteiger partial charge in [-0.2, -0.15) is 0 Å². The summed E-state index contributed by atoms with van der Waals surface area (Å²) in [5.74, 6) is 7.24. The fourth-order valence-electron chi connectivity index (χ4n) is 2.99. The molecule has 152 valence electrons. The number of hydrogen-bond donors (Lipinski definition) is 0. The van der Waals surface area contributed by atoms with Crippen molar-refractivity contribution in [3.63, 3.8) is 0 Å². The number of rotatable bonds is 9. The van der Waals surface area contributed by atoms with Crippen molar-refractivity contribution >= 4 is 16.7 Å². The molecule has 0 radical (unpaired) electrons. The number of fused-ring (bicyclic) bond motifs is 1. The number of hydrogen-bond acceptors (Lipinski definition) is 4. The molecule has 29 heavy (non-hydrogen) atoms. The fourth-order valence-corrected chi connectivity index (χ4v) is 2.99. The molecule has 3 rings (SSSR count). The van der Waals surface area contributed by atoms with Gasteiger partial charge in [-0.1, -0.05) is 25.0 Å². The van der Waals surface area contributed by atoms with Gasteiger partial charge in [0.25, 0.3) is 0 Å². The van der Waals surface area contributed by atoms with Crippen LogP contribution in [0.4, 0.5) is 5.69 Å². The quantitative estimate of drug-likeness (QED) is 0.409. The van der Waals surface area contributed by atoms with E-state index in [9.17, 15) is 0 Å². The summed E-state index contributed by atoms with van der Waals surface area (Å²) in [5, 5.41) is 0. The van der Waals surface area contributed by atoms with E-state index in [2.05, 4.69) is 46.4 Å². The Morgan fingerprint density at radius 3 is 2.34 bits per heavy atom. The van der Waals surface area contributed by atoms with Crippen LogP contribution >= 0.6 is 0 Å². The molecule has 0 amide bonds. The summed E-state index contributed by atoms with van der Waals surface area (Å²) in [4.78, 5) is 6.79. The van der Waals surface area contributed by atoms with Gasteiger partial charge in [-0.3, -0.25) is 0 Å². The summed E-state index contributed by atoms with van der Waals surface area (Å²) < 4.78 is 13.3. The van der Waals surface area contributed by atoms with Crippen molar-refractivity contribution in [2.75, 3.05) is 45.4 Å². The molecule has 5 nitrogen and oxygen atoms in total. The van der Waals surface area contributed by atoms with Gasteiger partial charge in [-0.05, 0) is 48.7 Å². The molecule has 2 aromatic carbocycles. The highest BCUT2D eigenvalue weighted by atomic mass is 16.5. The van der Waals surface area contributed by atoms with E-state index in [1.54, 1.807) is 0 Å². The molecule has 0 fully saturated rings. The van der Waals surface area contributed by atoms with Crippen LogP contribution in [-0.2, 0) is 16.0 Å². The second-order valence-electron chi connectivity index (χ2n) is 6.99. The van der Waals surface area contributed by atoms with Crippen molar-refractivity contribution in [1.29, 1.82) is 0 Å². The molecule has 1 heterocycles. The van der Waals surface area contributed by atoms with Crippen LogP contribution in [-0.4, -0.2) is 50.1 Å². The monoisotopic (exact) mass is 391 g/mol. The molecule has 3 aromatic rings. The third-order valence-corrected chi connectivity index (χ3v) is 4.54. The molecular formula is C24H29N3O2. The van der Waals surface area contributed by atoms with E-state index in [1.165, 1.54) is 0 Å². The second-order valence-corrected chi connectivity index (χ2v) is 6.99. The van der Waals surface area contributed by atoms with E-state index in [1.807, 2.05) is 44.4 Å². The molecular weight excluding hydrogens is 362 g/mol. The summed E-state index contributed by atoms with van der Waals surface area (Å²) >= 11 is 0. The molecule has 0 spiro atoms. The third-order valence-electron chi connectivity index (χ3n) is 4.54. The number of ether oxygens (including phenoxy) is 2. The number of nitrogens with zero attached hydrogens (tertiary/aromatic N) is 3. The lowest BCUT2D eigenvalue weighted by molar-refractivity contribution is 0.0453. The summed E-state index contributed by atoms with van der Waals surface area (Å²) in [7, 11) is 4.06. The van der Waals surface area contributed by atoms with Crippen LogP contribution in [0, 0.1) is 11.8 Å². The molecule has 0 unspecified atom stereocenters. The molecule has 0 bridgehead atoms. The summed E-state index contributed by atoms with van der Waals surface area (Å²) in [5.41, 5.74) is 4.15. The largest absolute Gasteiger partial charge is 0.379 e. The van der Waals surface area contributed by atoms with Crippen molar-refractivity contribution in [2.24, 2.45) is 0 Å². The Labute approximate surface area is 173 Å². The maximum atomic E-state index is 5.73. The first kappa shape index (κ1) is 20.9. The predicted molar refractivity (Wildman–Crippen MR) is 118 cm³/mol. The SMILES string of the molecule is CCCOCCOCCn1c(C#Cc2ccc(N(C)C)cc2)nc2ccccc21. The van der Waals surface area contributed by atoms with Gasteiger partial charge in [0.15, 0.2) is 5.82 Å². The van der Waals surface area contributed by atoms with Gasteiger partial charge in [-0.25, -0.2) is 4.98 Å². The van der Waals surface area contributed by atoms with Crippen molar-refractivity contribution in [2.45, 2.75) is 19.9 Å². The first-order chi connectivity index (χ1) is 14.2. The maximum Gasteiger partial charge on any atom is 0.186 e. The van der Waals surface area contributed by atoms with Crippen LogP contribution in [0.25, 0.3) is 11.0 Å². The number of imidazole rings is 1. The second kappa shape index (κ2) is 10.7. The highest BCUT2D eigenvalue weighted by Crippen LogP contribution is 2.16. The van der Waals surface area contributed by atoms with E-state index in [-0.39, 0.29) is 0 Å². The van der Waals surface area contributed by atoms with Gasteiger partial charge >= 0.3 is 0 Å². The smallest absolute Gasteiger partial charge is 0.186 e. The van der Waals surface area contributed by atoms with E-state index >= 15 is 0 Å². The third kappa shape index (κ3) is 5.83. The van der Waals surface area contributed by atoms with Crippen LogP contribution in [0.5, 0.6) is 0 Å². The summed E-state index contributed by atoms with van der Waals surface area (Å²) in [6.45, 7) is 5.43. The highest BCUT2D eigenvalue weighted by molar-refractivity contribution is 5.76. The summed E-state index contributed by atoms with van der Waals surface area (Å²) in [6.07, 6.45) is 1.03. The minimum absolute atomic E-state index is 0.599. The van der Waals surface area contributed by atoms with Gasteiger partial charge in [0.05, 0.1) is 30.9 Å². The molecule has 0 saturated carbocycles. The molecule has 0 aliphatic heterocycles. The standard InChI is InChI=1S/C24H29N3O2/c1-4-16-28-18-19-29-17-15-27-23-8-6-5-7-22(23)25-24(27)14-11-20-9-12-21(13-10-20)26(2)3/h5-10,12-13H,4,15-19H2,1-3H3. The van der Waals surface area contributed by atoms with Crippen LogP contribution in [0.2, 0.25) is 0 Å². The fraction of sp³-hybridized carbons (Fsp3) is 0.375. The lowest BCUT2D eigenvalue weighted by Crippen LogP contribution is -2.11. The topological polar surface area (TPSA) is 39.5 Å². The van der Waals surface area contributed by atoms with Crippen molar-refractivity contribution < 1.29 is 9.47 Å². The first-order valence-corrected chi connectivity index (χ1v) is 10.1. The van der Waals surface area contributed by atoms with Crippen molar-refractivity contribution in [3.8, 4) is 11.8 Å². The Bertz CT molecular complexity index is 965. The Morgan fingerprint density at radius 2 is 1.62 bits per heavy atom. The van der Waals surface area contributed by atoms with E-state index in [0.717, 1.165) is 41.1 Å². The van der Waals surface area contributed by atoms with E-state index in [4.69, 9.17) is 14.5 Å². The minimum Gasteiger partial charge on any atom is -0.379 e. The first-order valence-electron chi connectivity index (χ1n) is 10.1. The van der Waals surface area contributed by atoms with Crippen LogP contribution in [0.3, 0.4) is 0 Å². The lowest BCUT2D eigenvalue weighted by atomic mass is 10.2. The van der Waals surface area contributed by atoms with Gasteiger partial charge < -0.3 is 18.9 Å². The Hall–Kier alpha value is -2.81. The molecule has 0 aliphatic carbocycles. The Kier molecular flexibility index (Phi) is 7.69. The van der Waals surface area contributed by atoms with Crippen LogP contribution < -0.4 is 4.90 Å². The Morgan fingerprint density at radius 1 is 0.897 bits per heavy atom. The molecule has 1 aromatic heterocycles. The number of benzene rings is 2.